The zero-order valence-electron chi connectivity index (χ0n) is 12.9. The molecule has 0 heterocycles. The van der Waals surface area contributed by atoms with Gasteiger partial charge in [0.15, 0.2) is 6.10 Å². The highest BCUT2D eigenvalue weighted by molar-refractivity contribution is 7.91. The number of ether oxygens (including phenoxy) is 1. The van der Waals surface area contributed by atoms with Crippen molar-refractivity contribution in [1.29, 1.82) is 0 Å². The highest BCUT2D eigenvalue weighted by atomic mass is 35.5. The lowest BCUT2D eigenvalue weighted by atomic mass is 10.3. The van der Waals surface area contributed by atoms with Gasteiger partial charge in [-0.25, -0.2) is 8.42 Å². The summed E-state index contributed by atoms with van der Waals surface area (Å²) in [6.07, 6.45) is -0.997. The fraction of sp³-hybridized carbons (Fsp3) is 0.188. The Morgan fingerprint density at radius 1 is 1.12 bits per heavy atom. The van der Waals surface area contributed by atoms with Crippen molar-refractivity contribution in [3.8, 4) is 5.75 Å². The Morgan fingerprint density at radius 3 is 2.32 bits per heavy atom. The zero-order valence-corrected chi connectivity index (χ0v) is 14.5. The molecule has 0 radical (unpaired) electrons. The number of hydrogen-bond acceptors (Lipinski definition) is 4. The summed E-state index contributed by atoms with van der Waals surface area (Å²) >= 11 is 5.75. The Hall–Kier alpha value is -2.19. The lowest BCUT2D eigenvalue weighted by Gasteiger charge is -2.16. The molecule has 1 amide bonds. The molecule has 0 saturated heterocycles. The molecule has 134 valence electrons. The summed E-state index contributed by atoms with van der Waals surface area (Å²) < 4.78 is 54.3. The Bertz CT molecular complexity index is 857. The predicted molar refractivity (Wildman–Crippen MR) is 89.8 cm³/mol. The quantitative estimate of drug-likeness (QED) is 0.816. The number of alkyl halides is 2. The van der Waals surface area contributed by atoms with E-state index in [0.29, 0.717) is 10.8 Å². The molecule has 0 bridgehead atoms. The molecule has 0 saturated carbocycles. The highest BCUT2D eigenvalue weighted by Gasteiger charge is 2.30. The molecule has 0 aliphatic heterocycles. The third-order valence-corrected chi connectivity index (χ3v) is 4.87. The van der Waals surface area contributed by atoms with Gasteiger partial charge in [-0.1, -0.05) is 23.7 Å². The number of carbonyl (C=O) groups is 1. The van der Waals surface area contributed by atoms with Crippen LogP contribution in [0.2, 0.25) is 5.02 Å². The van der Waals surface area contributed by atoms with E-state index in [1.54, 1.807) is 24.3 Å². The minimum absolute atomic E-state index is 0.237. The van der Waals surface area contributed by atoms with E-state index >= 15 is 0 Å². The summed E-state index contributed by atoms with van der Waals surface area (Å²) in [6.45, 7) is 1.44. The number of nitrogens with one attached hydrogen (secondary N) is 1. The number of hydrogen-bond donors (Lipinski definition) is 1. The Balaban J connectivity index is 2.16. The normalized spacial score (nSPS) is 12.7. The summed E-state index contributed by atoms with van der Waals surface area (Å²) in [6, 6.07) is 11.2. The van der Waals surface area contributed by atoms with Gasteiger partial charge in [-0.05, 0) is 43.3 Å². The number of rotatable bonds is 6. The van der Waals surface area contributed by atoms with Gasteiger partial charge in [-0.15, -0.1) is 0 Å². The fourth-order valence-corrected chi connectivity index (χ4v) is 2.93. The first kappa shape index (κ1) is 19.1. The third kappa shape index (κ3) is 4.67. The van der Waals surface area contributed by atoms with Gasteiger partial charge in [-0.2, -0.15) is 8.78 Å². The van der Waals surface area contributed by atoms with Crippen molar-refractivity contribution < 1.29 is 26.7 Å². The first-order valence-corrected chi connectivity index (χ1v) is 8.98. The van der Waals surface area contributed by atoms with Crippen LogP contribution in [0.15, 0.2) is 53.4 Å². The topological polar surface area (TPSA) is 72.5 Å². The summed E-state index contributed by atoms with van der Waals surface area (Å²) in [5.74, 6) is -3.90. The molecule has 0 aromatic heterocycles. The molecule has 0 spiro atoms. The predicted octanol–water partition coefficient (Wildman–Crippen LogP) is 3.74. The van der Waals surface area contributed by atoms with Gasteiger partial charge in [-0.3, -0.25) is 4.79 Å². The van der Waals surface area contributed by atoms with Gasteiger partial charge >= 0.3 is 5.76 Å². The third-order valence-electron chi connectivity index (χ3n) is 3.18. The van der Waals surface area contributed by atoms with Crippen LogP contribution in [0.25, 0.3) is 0 Å². The van der Waals surface area contributed by atoms with E-state index in [-0.39, 0.29) is 5.69 Å². The Labute approximate surface area is 148 Å². The molecule has 2 rings (SSSR count). The molecular weight excluding hydrogens is 376 g/mol. The molecule has 2 aromatic carbocycles. The number of para-hydroxylation sites is 1. The summed E-state index contributed by atoms with van der Waals surface area (Å²) in [5, 5.41) is 2.80. The highest BCUT2D eigenvalue weighted by Crippen LogP contribution is 2.26. The van der Waals surface area contributed by atoms with Crippen LogP contribution in [0.4, 0.5) is 14.5 Å². The van der Waals surface area contributed by atoms with E-state index in [4.69, 9.17) is 16.3 Å². The molecule has 0 aliphatic carbocycles. The lowest BCUT2D eigenvalue weighted by molar-refractivity contribution is -0.122. The molecule has 5 nitrogen and oxygen atoms in total. The maximum atomic E-state index is 12.8. The monoisotopic (exact) mass is 389 g/mol. The van der Waals surface area contributed by atoms with Gasteiger partial charge < -0.3 is 10.1 Å². The van der Waals surface area contributed by atoms with Crippen molar-refractivity contribution in [3.63, 3.8) is 0 Å². The lowest BCUT2D eigenvalue weighted by Crippen LogP contribution is -2.30. The molecule has 0 fully saturated rings. The first-order valence-electron chi connectivity index (χ1n) is 7.06. The molecular formula is C16H14ClF2NO4S. The molecule has 2 aromatic rings. The van der Waals surface area contributed by atoms with Crippen molar-refractivity contribution in [2.24, 2.45) is 0 Å². The van der Waals surface area contributed by atoms with Crippen molar-refractivity contribution in [2.75, 3.05) is 5.32 Å². The Morgan fingerprint density at radius 2 is 1.72 bits per heavy atom. The van der Waals surface area contributed by atoms with E-state index in [2.05, 4.69) is 5.32 Å². The van der Waals surface area contributed by atoms with Crippen LogP contribution < -0.4 is 10.1 Å². The standard InChI is InChI=1S/C16H14ClF2NO4S/c1-10(24-12-8-6-11(17)7-9-12)15(21)20-13-4-2-3-5-14(13)25(22,23)16(18)19/h2-10,16H,1H3,(H,20,21). The maximum absolute atomic E-state index is 12.8. The van der Waals surface area contributed by atoms with Gasteiger partial charge in [0.25, 0.3) is 5.91 Å². The van der Waals surface area contributed by atoms with Crippen molar-refractivity contribution in [1.82, 2.24) is 0 Å². The van der Waals surface area contributed by atoms with Crippen LogP contribution in [0.3, 0.4) is 0 Å². The molecule has 1 N–H and O–H groups in total. The summed E-state index contributed by atoms with van der Waals surface area (Å²) in [5.41, 5.74) is -0.237. The van der Waals surface area contributed by atoms with Gasteiger partial charge in [0, 0.05) is 5.02 Å². The van der Waals surface area contributed by atoms with E-state index in [9.17, 15) is 22.0 Å². The van der Waals surface area contributed by atoms with Crippen LogP contribution in [-0.2, 0) is 14.6 Å². The number of benzene rings is 2. The zero-order chi connectivity index (χ0) is 18.6. The van der Waals surface area contributed by atoms with Crippen LogP contribution in [0.1, 0.15) is 6.92 Å². The minimum atomic E-state index is -4.85. The van der Waals surface area contributed by atoms with Gasteiger partial charge in [0.05, 0.1) is 10.6 Å². The first-order chi connectivity index (χ1) is 11.7. The van der Waals surface area contributed by atoms with Crippen LogP contribution >= 0.6 is 11.6 Å². The second-order valence-corrected chi connectivity index (χ2v) is 7.33. The van der Waals surface area contributed by atoms with E-state index < -0.39 is 32.5 Å². The average molecular weight is 390 g/mol. The maximum Gasteiger partial charge on any atom is 0.341 e. The number of anilines is 1. The van der Waals surface area contributed by atoms with E-state index in [1.807, 2.05) is 0 Å². The van der Waals surface area contributed by atoms with Gasteiger partial charge in [0.2, 0.25) is 9.84 Å². The van der Waals surface area contributed by atoms with Crippen LogP contribution in [0, 0.1) is 0 Å². The van der Waals surface area contributed by atoms with Crippen molar-refractivity contribution in [3.05, 3.63) is 53.6 Å². The Kier molecular flexibility index (Phi) is 5.97. The summed E-state index contributed by atoms with van der Waals surface area (Å²) in [7, 11) is -4.85. The average Bonchev–Trinajstić information content (AvgIpc) is 2.57. The SMILES string of the molecule is CC(Oc1ccc(Cl)cc1)C(=O)Nc1ccccc1S(=O)(=O)C(F)F. The second kappa shape index (κ2) is 7.79. The van der Waals surface area contributed by atoms with Crippen molar-refractivity contribution in [2.45, 2.75) is 23.7 Å². The minimum Gasteiger partial charge on any atom is -0.481 e. The van der Waals surface area contributed by atoms with Gasteiger partial charge in [0.1, 0.15) is 5.75 Å². The second-order valence-electron chi connectivity index (χ2n) is 5.01. The van der Waals surface area contributed by atoms with E-state index in [1.165, 1.54) is 25.1 Å². The van der Waals surface area contributed by atoms with Crippen LogP contribution in [0.5, 0.6) is 5.75 Å². The van der Waals surface area contributed by atoms with Crippen molar-refractivity contribution >= 4 is 33.0 Å². The largest absolute Gasteiger partial charge is 0.481 e. The number of carbonyl (C=O) groups excluding carboxylic acids is 1. The van der Waals surface area contributed by atoms with Crippen LogP contribution in [-0.4, -0.2) is 26.2 Å². The number of halogens is 3. The number of sulfone groups is 1. The molecule has 0 aliphatic rings. The molecule has 1 atom stereocenters. The van der Waals surface area contributed by atoms with E-state index in [0.717, 1.165) is 6.07 Å². The fourth-order valence-electron chi connectivity index (χ4n) is 1.92. The molecule has 9 heteroatoms. The molecule has 25 heavy (non-hydrogen) atoms. The number of amides is 1. The summed E-state index contributed by atoms with van der Waals surface area (Å²) in [4.78, 5) is 11.5. The smallest absolute Gasteiger partial charge is 0.341 e. The molecule has 1 unspecified atom stereocenters.